The van der Waals surface area contributed by atoms with Gasteiger partial charge < -0.3 is 35.0 Å². The average Bonchev–Trinajstić information content (AvgIpc) is 2.91. The molecule has 0 amide bonds. The van der Waals surface area contributed by atoms with Crippen molar-refractivity contribution in [2.24, 2.45) is 33.5 Å². The fourth-order valence-electron chi connectivity index (χ4n) is 6.32. The molecule has 25 heavy (non-hydrogen) atoms. The third-order valence-electron chi connectivity index (χ3n) is 9.50. The summed E-state index contributed by atoms with van der Waals surface area (Å²) < 4.78 is 0. The molecule has 4 saturated carbocycles. The molecule has 6 atom stereocenters. The van der Waals surface area contributed by atoms with Crippen molar-refractivity contribution in [1.82, 2.24) is 0 Å². The number of hydrogen-bond acceptors (Lipinski definition) is 2. The normalized spacial score (nSPS) is 47.0. The predicted octanol–water partition coefficient (Wildman–Crippen LogP) is -1.61. The summed E-state index contributed by atoms with van der Waals surface area (Å²) in [5.74, 6) is 1.56. The van der Waals surface area contributed by atoms with Crippen LogP contribution >= 0.6 is 0 Å². The summed E-state index contributed by atoms with van der Waals surface area (Å²) in [6.45, 7) is 13.8. The molecule has 4 bridgehead atoms. The smallest absolute Gasteiger partial charge is 1.00 e. The monoisotopic (exact) mass is 468 g/mol. The molecule has 4 rings (SSSR count). The zero-order valence-electron chi connectivity index (χ0n) is 16.7. The molecular formula is C20H36Cl2O2Zr. The van der Waals surface area contributed by atoms with E-state index in [1.165, 1.54) is 25.7 Å². The van der Waals surface area contributed by atoms with Gasteiger partial charge in [-0.2, -0.15) is 0 Å². The molecule has 4 aliphatic carbocycles. The Morgan fingerprint density at radius 1 is 0.640 bits per heavy atom. The Labute approximate surface area is 186 Å². The van der Waals surface area contributed by atoms with Crippen LogP contribution in [0.5, 0.6) is 0 Å². The molecule has 0 aromatic heterocycles. The number of aliphatic hydroxyl groups is 2. The minimum absolute atomic E-state index is 0. The first kappa shape index (κ1) is 26.4. The Morgan fingerprint density at radius 2 is 0.920 bits per heavy atom. The number of hydrogen-bond donors (Lipinski definition) is 2. The zero-order valence-corrected chi connectivity index (χ0v) is 20.7. The van der Waals surface area contributed by atoms with Crippen LogP contribution < -0.4 is 24.8 Å². The van der Waals surface area contributed by atoms with Gasteiger partial charge >= 0.3 is 26.2 Å². The van der Waals surface area contributed by atoms with Crippen LogP contribution in [0.2, 0.25) is 0 Å². The van der Waals surface area contributed by atoms with Gasteiger partial charge in [-0.3, -0.25) is 0 Å². The first-order valence-corrected chi connectivity index (χ1v) is 9.33. The molecule has 0 saturated heterocycles. The molecule has 5 heteroatoms. The molecule has 2 N–H and O–H groups in total. The minimum atomic E-state index is -0.0313. The summed E-state index contributed by atoms with van der Waals surface area (Å²) in [5.41, 5.74) is 1.20. The maximum Gasteiger partial charge on any atom is 2.00 e. The van der Waals surface area contributed by atoms with Crippen molar-refractivity contribution in [1.29, 1.82) is 0 Å². The molecule has 0 aliphatic heterocycles. The van der Waals surface area contributed by atoms with Gasteiger partial charge in [0, 0.05) is 0 Å². The Bertz CT molecular complexity index is 429. The third-order valence-corrected chi connectivity index (χ3v) is 9.50. The van der Waals surface area contributed by atoms with Gasteiger partial charge in [0.25, 0.3) is 0 Å². The summed E-state index contributed by atoms with van der Waals surface area (Å²) >= 11 is 0. The van der Waals surface area contributed by atoms with Crippen LogP contribution in [0, 0.1) is 33.5 Å². The minimum Gasteiger partial charge on any atom is -1.00 e. The van der Waals surface area contributed by atoms with Gasteiger partial charge in [-0.25, -0.2) is 0 Å². The van der Waals surface area contributed by atoms with E-state index in [-0.39, 0.29) is 74.1 Å². The van der Waals surface area contributed by atoms with E-state index in [2.05, 4.69) is 41.5 Å². The Hall–Kier alpha value is 1.38. The van der Waals surface area contributed by atoms with Gasteiger partial charge in [-0.05, 0) is 72.0 Å². The van der Waals surface area contributed by atoms with Crippen molar-refractivity contribution in [2.75, 3.05) is 0 Å². The predicted molar refractivity (Wildman–Crippen MR) is 90.5 cm³/mol. The molecule has 146 valence electrons. The van der Waals surface area contributed by atoms with E-state index in [9.17, 15) is 10.2 Å². The molecule has 2 nitrogen and oxygen atoms in total. The largest absolute Gasteiger partial charge is 2.00 e. The molecule has 0 aromatic carbocycles. The Morgan fingerprint density at radius 3 is 1.00 bits per heavy atom. The summed E-state index contributed by atoms with van der Waals surface area (Å²) in [5, 5.41) is 19.6. The van der Waals surface area contributed by atoms with E-state index in [0.29, 0.717) is 10.8 Å². The number of fused-ring (bicyclic) bond motifs is 4. The molecule has 0 radical (unpaired) electrons. The maximum atomic E-state index is 9.81. The number of rotatable bonds is 0. The summed E-state index contributed by atoms with van der Waals surface area (Å²) in [6.07, 6.45) is 7.15. The quantitative estimate of drug-likeness (QED) is 0.448. The van der Waals surface area contributed by atoms with Crippen LogP contribution in [0.3, 0.4) is 0 Å². The van der Waals surface area contributed by atoms with Gasteiger partial charge in [0.15, 0.2) is 0 Å². The van der Waals surface area contributed by atoms with Crippen LogP contribution in [0.15, 0.2) is 0 Å². The Kier molecular flexibility index (Phi) is 8.46. The maximum absolute atomic E-state index is 9.81. The first-order valence-electron chi connectivity index (χ1n) is 9.33. The van der Waals surface area contributed by atoms with Crippen molar-refractivity contribution in [3.8, 4) is 0 Å². The van der Waals surface area contributed by atoms with Gasteiger partial charge in [-0.15, -0.1) is 0 Å². The van der Waals surface area contributed by atoms with Gasteiger partial charge in [-0.1, -0.05) is 41.5 Å². The van der Waals surface area contributed by atoms with Crippen LogP contribution in [0.4, 0.5) is 0 Å². The van der Waals surface area contributed by atoms with Crippen LogP contribution in [-0.4, -0.2) is 22.4 Å². The second-order valence-electron chi connectivity index (χ2n) is 10.3. The average molecular weight is 471 g/mol. The van der Waals surface area contributed by atoms with Gasteiger partial charge in [0.2, 0.25) is 0 Å². The summed E-state index contributed by atoms with van der Waals surface area (Å²) in [6, 6.07) is 0. The Balaban J connectivity index is 0.000000411. The molecule has 4 fully saturated rings. The van der Waals surface area contributed by atoms with Crippen LogP contribution in [0.25, 0.3) is 0 Å². The standard InChI is InChI=1S/2C10H18O.2ClH.Zr/c2*1-9(2)7-4-5-10(9,3)8(11)6-7;;;/h2*7-8,11H,4-6H2,1-3H3;2*1H;/q;;;;+2/p-2. The first-order chi connectivity index (χ1) is 9.97. The van der Waals surface area contributed by atoms with E-state index in [0.717, 1.165) is 24.7 Å². The summed E-state index contributed by atoms with van der Waals surface area (Å²) in [7, 11) is 0. The molecule has 0 aromatic rings. The second-order valence-corrected chi connectivity index (χ2v) is 10.3. The molecule has 0 spiro atoms. The van der Waals surface area contributed by atoms with E-state index in [4.69, 9.17) is 0 Å². The second kappa shape index (κ2) is 8.02. The van der Waals surface area contributed by atoms with Crippen molar-refractivity contribution < 1.29 is 61.2 Å². The van der Waals surface area contributed by atoms with E-state index in [1.54, 1.807) is 0 Å². The molecule has 6 unspecified atom stereocenters. The fourth-order valence-corrected chi connectivity index (χ4v) is 6.32. The van der Waals surface area contributed by atoms with E-state index in [1.807, 2.05) is 0 Å². The van der Waals surface area contributed by atoms with Gasteiger partial charge in [0.1, 0.15) is 0 Å². The van der Waals surface area contributed by atoms with E-state index < -0.39 is 0 Å². The summed E-state index contributed by atoms with van der Waals surface area (Å²) in [4.78, 5) is 0. The molecular weight excluding hydrogens is 434 g/mol. The van der Waals surface area contributed by atoms with E-state index >= 15 is 0 Å². The topological polar surface area (TPSA) is 40.5 Å². The molecule has 4 aliphatic rings. The SMILES string of the molecule is CC1(C)C2CCC1(C)C(O)C2.CC1(C)C2CCC1(C)C(O)C2.[Cl-].[Cl-].[Zr+2]. The van der Waals surface area contributed by atoms with Crippen LogP contribution in [0.1, 0.15) is 80.1 Å². The van der Waals surface area contributed by atoms with Crippen molar-refractivity contribution in [3.63, 3.8) is 0 Å². The number of aliphatic hydroxyl groups excluding tert-OH is 2. The van der Waals surface area contributed by atoms with Crippen molar-refractivity contribution >= 4 is 0 Å². The van der Waals surface area contributed by atoms with Crippen LogP contribution in [-0.2, 0) is 26.2 Å². The van der Waals surface area contributed by atoms with Crippen molar-refractivity contribution in [3.05, 3.63) is 0 Å². The fraction of sp³-hybridized carbons (Fsp3) is 1.00. The number of halogens is 2. The molecule has 0 heterocycles. The van der Waals surface area contributed by atoms with Gasteiger partial charge in [0.05, 0.1) is 12.2 Å². The zero-order chi connectivity index (χ0) is 16.6. The third kappa shape index (κ3) is 3.45. The van der Waals surface area contributed by atoms with Crippen molar-refractivity contribution in [2.45, 2.75) is 92.3 Å².